The molecule has 0 spiro atoms. The summed E-state index contributed by atoms with van der Waals surface area (Å²) in [6.45, 7) is 1.57. The standard InChI is InChI=1S/C33H32Cl3N3O4S/c1-2-19-37-33(41)31(20-24-11-5-3-6-12-24)38(22-28-29(35)17-10-18-30(28)36)32(40)23-39(26-14-9-13-25(34)21-26)44(42,43)27-15-7-4-8-16-27/h3-18,21,31H,2,19-20,22-23H2,1H3,(H,37,41)/t31-/m1/s1. The maximum atomic E-state index is 14.4. The monoisotopic (exact) mass is 671 g/mol. The normalized spacial score (nSPS) is 11.9. The van der Waals surface area contributed by atoms with E-state index in [1.807, 2.05) is 37.3 Å². The minimum absolute atomic E-state index is 0.00463. The number of amides is 2. The van der Waals surface area contributed by atoms with Gasteiger partial charge in [0.2, 0.25) is 11.8 Å². The van der Waals surface area contributed by atoms with Gasteiger partial charge in [0, 0.05) is 40.1 Å². The molecule has 44 heavy (non-hydrogen) atoms. The summed E-state index contributed by atoms with van der Waals surface area (Å²) in [4.78, 5) is 29.5. The third-order valence-corrected chi connectivity index (χ3v) is 9.65. The van der Waals surface area contributed by atoms with Crippen molar-refractivity contribution in [2.45, 2.75) is 37.2 Å². The molecule has 230 valence electrons. The van der Waals surface area contributed by atoms with Crippen molar-refractivity contribution in [1.29, 1.82) is 0 Å². The van der Waals surface area contributed by atoms with E-state index >= 15 is 0 Å². The van der Waals surface area contributed by atoms with E-state index in [-0.39, 0.29) is 29.5 Å². The fourth-order valence-corrected chi connectivity index (χ4v) is 6.78. The number of anilines is 1. The van der Waals surface area contributed by atoms with Crippen LogP contribution in [0.1, 0.15) is 24.5 Å². The molecule has 0 radical (unpaired) electrons. The van der Waals surface area contributed by atoms with E-state index < -0.39 is 28.5 Å². The summed E-state index contributed by atoms with van der Waals surface area (Å²) < 4.78 is 29.0. The van der Waals surface area contributed by atoms with Crippen LogP contribution in [0.4, 0.5) is 5.69 Å². The van der Waals surface area contributed by atoms with Crippen molar-refractivity contribution in [3.63, 3.8) is 0 Å². The molecule has 0 unspecified atom stereocenters. The molecule has 0 aliphatic carbocycles. The minimum atomic E-state index is -4.23. The minimum Gasteiger partial charge on any atom is -0.354 e. The van der Waals surface area contributed by atoms with Gasteiger partial charge in [0.05, 0.1) is 10.6 Å². The number of carbonyl (C=O) groups excluding carboxylic acids is 2. The van der Waals surface area contributed by atoms with Gasteiger partial charge in [-0.1, -0.05) is 102 Å². The zero-order valence-electron chi connectivity index (χ0n) is 24.0. The van der Waals surface area contributed by atoms with E-state index in [1.54, 1.807) is 54.6 Å². The second-order valence-electron chi connectivity index (χ2n) is 10.0. The lowest BCUT2D eigenvalue weighted by molar-refractivity contribution is -0.140. The summed E-state index contributed by atoms with van der Waals surface area (Å²) in [5.41, 5.74) is 1.45. The summed E-state index contributed by atoms with van der Waals surface area (Å²) in [5.74, 6) is -1.01. The summed E-state index contributed by atoms with van der Waals surface area (Å²) >= 11 is 19.3. The van der Waals surface area contributed by atoms with Gasteiger partial charge in [-0.3, -0.25) is 13.9 Å². The highest BCUT2D eigenvalue weighted by Crippen LogP contribution is 2.29. The summed E-state index contributed by atoms with van der Waals surface area (Å²) in [5, 5.41) is 3.82. The van der Waals surface area contributed by atoms with Crippen LogP contribution in [-0.4, -0.2) is 44.3 Å². The molecule has 11 heteroatoms. The van der Waals surface area contributed by atoms with E-state index in [9.17, 15) is 18.0 Å². The summed E-state index contributed by atoms with van der Waals surface area (Å²) in [7, 11) is -4.23. The molecule has 2 amide bonds. The van der Waals surface area contributed by atoms with Crippen molar-refractivity contribution < 1.29 is 18.0 Å². The fraction of sp³-hybridized carbons (Fsp3) is 0.212. The largest absolute Gasteiger partial charge is 0.354 e. The van der Waals surface area contributed by atoms with Gasteiger partial charge < -0.3 is 10.2 Å². The van der Waals surface area contributed by atoms with Gasteiger partial charge in [0.1, 0.15) is 12.6 Å². The molecule has 7 nitrogen and oxygen atoms in total. The van der Waals surface area contributed by atoms with Crippen LogP contribution in [-0.2, 0) is 32.6 Å². The Morgan fingerprint density at radius 1 is 0.818 bits per heavy atom. The molecule has 0 heterocycles. The Hall–Kier alpha value is -3.56. The summed E-state index contributed by atoms with van der Waals surface area (Å²) in [6.07, 6.45) is 0.860. The van der Waals surface area contributed by atoms with Crippen LogP contribution in [0, 0.1) is 0 Å². The number of hydrogen-bond donors (Lipinski definition) is 1. The lowest BCUT2D eigenvalue weighted by Crippen LogP contribution is -2.53. The Morgan fingerprint density at radius 2 is 1.43 bits per heavy atom. The van der Waals surface area contributed by atoms with E-state index in [4.69, 9.17) is 34.8 Å². The number of nitrogens with zero attached hydrogens (tertiary/aromatic N) is 2. The van der Waals surface area contributed by atoms with Crippen LogP contribution in [0.5, 0.6) is 0 Å². The average molecular weight is 673 g/mol. The number of halogens is 3. The van der Waals surface area contributed by atoms with Crippen LogP contribution in [0.25, 0.3) is 0 Å². The Morgan fingerprint density at radius 3 is 2.05 bits per heavy atom. The lowest BCUT2D eigenvalue weighted by atomic mass is 10.0. The topological polar surface area (TPSA) is 86.8 Å². The molecular formula is C33H32Cl3N3O4S. The van der Waals surface area contributed by atoms with Crippen molar-refractivity contribution in [2.75, 3.05) is 17.4 Å². The second kappa shape index (κ2) is 15.4. The Bertz CT molecular complexity index is 1670. The number of carbonyl (C=O) groups is 2. The fourth-order valence-electron chi connectivity index (χ4n) is 4.65. The van der Waals surface area contributed by atoms with E-state index in [1.165, 1.54) is 23.1 Å². The molecule has 0 saturated heterocycles. The number of hydrogen-bond acceptors (Lipinski definition) is 4. The zero-order valence-corrected chi connectivity index (χ0v) is 27.1. The highest BCUT2D eigenvalue weighted by atomic mass is 35.5. The predicted octanol–water partition coefficient (Wildman–Crippen LogP) is 7.01. The maximum Gasteiger partial charge on any atom is 0.264 e. The smallest absolute Gasteiger partial charge is 0.264 e. The van der Waals surface area contributed by atoms with Gasteiger partial charge in [-0.05, 0) is 54.4 Å². The first-order valence-electron chi connectivity index (χ1n) is 14.0. The van der Waals surface area contributed by atoms with Crippen LogP contribution >= 0.6 is 34.8 Å². The Kier molecular flexibility index (Phi) is 11.7. The van der Waals surface area contributed by atoms with Crippen LogP contribution in [0.3, 0.4) is 0 Å². The Balaban J connectivity index is 1.82. The van der Waals surface area contributed by atoms with Gasteiger partial charge in [0.25, 0.3) is 10.0 Å². The van der Waals surface area contributed by atoms with Gasteiger partial charge >= 0.3 is 0 Å². The number of nitrogens with one attached hydrogen (secondary N) is 1. The third kappa shape index (κ3) is 8.33. The zero-order chi connectivity index (χ0) is 31.7. The number of sulfonamides is 1. The van der Waals surface area contributed by atoms with Crippen LogP contribution in [0.2, 0.25) is 15.1 Å². The van der Waals surface area contributed by atoms with E-state index in [0.717, 1.165) is 9.87 Å². The summed E-state index contributed by atoms with van der Waals surface area (Å²) in [6, 6.07) is 27.3. The SMILES string of the molecule is CCCNC(=O)[C@@H](Cc1ccccc1)N(Cc1c(Cl)cccc1Cl)C(=O)CN(c1cccc(Cl)c1)S(=O)(=O)c1ccccc1. The molecule has 1 atom stereocenters. The van der Waals surface area contributed by atoms with E-state index in [0.29, 0.717) is 33.6 Å². The van der Waals surface area contributed by atoms with Crippen LogP contribution in [0.15, 0.2) is 108 Å². The molecule has 4 aromatic carbocycles. The van der Waals surface area contributed by atoms with Crippen molar-refractivity contribution in [2.24, 2.45) is 0 Å². The molecular weight excluding hydrogens is 641 g/mol. The molecule has 0 bridgehead atoms. The third-order valence-electron chi connectivity index (χ3n) is 6.92. The van der Waals surface area contributed by atoms with Gasteiger partial charge in [0.15, 0.2) is 0 Å². The number of rotatable bonds is 13. The van der Waals surface area contributed by atoms with Gasteiger partial charge in [-0.2, -0.15) is 0 Å². The van der Waals surface area contributed by atoms with E-state index in [2.05, 4.69) is 5.32 Å². The first-order chi connectivity index (χ1) is 21.1. The van der Waals surface area contributed by atoms with Gasteiger partial charge in [-0.25, -0.2) is 8.42 Å². The first kappa shape index (κ1) is 33.3. The molecule has 0 aliphatic heterocycles. The molecule has 0 aromatic heterocycles. The number of benzene rings is 4. The molecule has 4 rings (SSSR count). The Labute approximate surface area is 273 Å². The molecule has 1 N–H and O–H groups in total. The first-order valence-corrected chi connectivity index (χ1v) is 16.6. The van der Waals surface area contributed by atoms with Gasteiger partial charge in [-0.15, -0.1) is 0 Å². The molecule has 0 saturated carbocycles. The highest BCUT2D eigenvalue weighted by Gasteiger charge is 2.35. The average Bonchev–Trinajstić information content (AvgIpc) is 3.02. The van der Waals surface area contributed by atoms with Crippen LogP contribution < -0.4 is 9.62 Å². The van der Waals surface area contributed by atoms with Crippen molar-refractivity contribution in [3.8, 4) is 0 Å². The van der Waals surface area contributed by atoms with Crippen molar-refractivity contribution >= 4 is 62.3 Å². The van der Waals surface area contributed by atoms with Crippen molar-refractivity contribution in [3.05, 3.63) is 129 Å². The predicted molar refractivity (Wildman–Crippen MR) is 177 cm³/mol. The quantitative estimate of drug-likeness (QED) is 0.166. The molecule has 4 aromatic rings. The second-order valence-corrected chi connectivity index (χ2v) is 13.1. The highest BCUT2D eigenvalue weighted by molar-refractivity contribution is 7.92. The maximum absolute atomic E-state index is 14.4. The molecule has 0 fully saturated rings. The molecule has 0 aliphatic rings. The lowest BCUT2D eigenvalue weighted by Gasteiger charge is -2.34. The van der Waals surface area contributed by atoms with Crippen molar-refractivity contribution in [1.82, 2.24) is 10.2 Å².